The molecule has 10 heteroatoms. The number of hydrogen-bond donors (Lipinski definition) is 3. The molecule has 4 rings (SSSR count). The maximum atomic E-state index is 6.35. The van der Waals surface area contributed by atoms with Gasteiger partial charge in [0.15, 0.2) is 5.88 Å². The molecule has 34 heavy (non-hydrogen) atoms. The first kappa shape index (κ1) is 23.5. The van der Waals surface area contributed by atoms with Crippen LogP contribution in [0.1, 0.15) is 30.9 Å². The molecule has 3 aromatic heterocycles. The van der Waals surface area contributed by atoms with Gasteiger partial charge >= 0.3 is 0 Å². The van der Waals surface area contributed by atoms with E-state index < -0.39 is 0 Å². The van der Waals surface area contributed by atoms with Crippen LogP contribution in [-0.2, 0) is 11.8 Å². The zero-order valence-electron chi connectivity index (χ0n) is 20.6. The zero-order valence-corrected chi connectivity index (χ0v) is 20.6. The molecule has 0 spiro atoms. The summed E-state index contributed by atoms with van der Waals surface area (Å²) < 4.78 is 13.7. The first-order valence-corrected chi connectivity index (χ1v) is 11.4. The number of aliphatic imine (C=N–C) groups is 1. The van der Waals surface area contributed by atoms with Crippen molar-refractivity contribution in [1.29, 1.82) is 0 Å². The van der Waals surface area contributed by atoms with Crippen LogP contribution in [0.4, 0.5) is 0 Å². The minimum absolute atomic E-state index is 0.127. The molecule has 4 N–H and O–H groups in total. The van der Waals surface area contributed by atoms with E-state index in [0.29, 0.717) is 31.5 Å². The second kappa shape index (κ2) is 9.68. The summed E-state index contributed by atoms with van der Waals surface area (Å²) in [7, 11) is 3.63. The van der Waals surface area contributed by atoms with E-state index in [-0.39, 0.29) is 6.10 Å². The van der Waals surface area contributed by atoms with Crippen molar-refractivity contribution in [3.63, 3.8) is 0 Å². The van der Waals surface area contributed by atoms with Crippen molar-refractivity contribution in [3.05, 3.63) is 40.7 Å². The van der Waals surface area contributed by atoms with Gasteiger partial charge in [0, 0.05) is 32.6 Å². The fourth-order valence-electron chi connectivity index (χ4n) is 4.15. The second-order valence-electron chi connectivity index (χ2n) is 8.29. The van der Waals surface area contributed by atoms with Crippen molar-refractivity contribution in [2.45, 2.75) is 33.8 Å². The maximum Gasteiger partial charge on any atom is 0.221 e. The van der Waals surface area contributed by atoms with Gasteiger partial charge in [0.2, 0.25) is 5.88 Å². The second-order valence-corrected chi connectivity index (χ2v) is 8.29. The Morgan fingerprint density at radius 2 is 2.12 bits per heavy atom. The third-order valence-electron chi connectivity index (χ3n) is 5.77. The number of hydrogen-bond acceptors (Lipinski definition) is 8. The van der Waals surface area contributed by atoms with Crippen LogP contribution >= 0.6 is 0 Å². The van der Waals surface area contributed by atoms with Crippen molar-refractivity contribution >= 4 is 22.7 Å². The van der Waals surface area contributed by atoms with Gasteiger partial charge in [-0.1, -0.05) is 0 Å². The highest BCUT2D eigenvalue weighted by Gasteiger charge is 2.22. The van der Waals surface area contributed by atoms with E-state index in [1.54, 1.807) is 11.7 Å². The van der Waals surface area contributed by atoms with Crippen molar-refractivity contribution < 1.29 is 9.47 Å². The Hall–Kier alpha value is -3.66. The van der Waals surface area contributed by atoms with Gasteiger partial charge < -0.3 is 20.5 Å². The number of fused-ring (bicyclic) bond motifs is 3. The summed E-state index contributed by atoms with van der Waals surface area (Å²) in [6, 6.07) is 2.02. The van der Waals surface area contributed by atoms with E-state index in [0.717, 1.165) is 50.5 Å². The van der Waals surface area contributed by atoms with Crippen LogP contribution in [0.25, 0.3) is 28.2 Å². The lowest BCUT2D eigenvalue weighted by molar-refractivity contribution is 0.202. The molecular weight excluding hydrogens is 432 g/mol. The average molecular weight is 465 g/mol. The fraction of sp³-hybridized carbons (Fsp3) is 0.417. The Morgan fingerprint density at radius 3 is 2.85 bits per heavy atom. The van der Waals surface area contributed by atoms with Crippen molar-refractivity contribution in [1.82, 2.24) is 30.3 Å². The normalized spacial score (nSPS) is 20.5. The highest BCUT2D eigenvalue weighted by Crippen LogP contribution is 2.35. The lowest BCUT2D eigenvalue weighted by Gasteiger charge is -2.18. The number of ether oxygens (including phenoxy) is 2. The van der Waals surface area contributed by atoms with Crippen molar-refractivity contribution in [2.75, 3.05) is 26.7 Å². The first-order valence-electron chi connectivity index (χ1n) is 11.4. The lowest BCUT2D eigenvalue weighted by Crippen LogP contribution is -2.34. The quantitative estimate of drug-likeness (QED) is 0.497. The van der Waals surface area contributed by atoms with Gasteiger partial charge in [-0.25, -0.2) is 4.68 Å². The predicted octanol–water partition coefficient (Wildman–Crippen LogP) is 2.64. The van der Waals surface area contributed by atoms with Gasteiger partial charge in [-0.15, -0.1) is 0 Å². The van der Waals surface area contributed by atoms with E-state index in [1.807, 2.05) is 53.0 Å². The van der Waals surface area contributed by atoms with Gasteiger partial charge in [-0.05, 0) is 45.9 Å². The van der Waals surface area contributed by atoms with E-state index in [2.05, 4.69) is 25.6 Å². The molecule has 0 aliphatic carbocycles. The number of allylic oxidation sites excluding steroid dienone is 1. The number of nitrogens with one attached hydrogen (secondary N) is 2. The molecule has 180 valence electrons. The third-order valence-corrected chi connectivity index (χ3v) is 5.77. The van der Waals surface area contributed by atoms with E-state index in [4.69, 9.17) is 20.2 Å². The molecule has 1 atom stereocenters. The molecule has 3 aromatic rings. The number of aryl methyl sites for hydroxylation is 3. The highest BCUT2D eigenvalue weighted by atomic mass is 16.5. The molecule has 1 unspecified atom stereocenters. The Labute approximate surface area is 198 Å². The highest BCUT2D eigenvalue weighted by molar-refractivity contribution is 6.05. The largest absolute Gasteiger partial charge is 0.479 e. The van der Waals surface area contributed by atoms with Crippen LogP contribution < -0.4 is 15.8 Å². The number of pyridine rings is 1. The van der Waals surface area contributed by atoms with Crippen LogP contribution in [-0.4, -0.2) is 63.5 Å². The molecule has 4 heterocycles. The van der Waals surface area contributed by atoms with E-state index >= 15 is 0 Å². The summed E-state index contributed by atoms with van der Waals surface area (Å²) in [5.74, 6) is 1.00. The monoisotopic (exact) mass is 464 g/mol. The standard InChI is InChI=1S/C24H32N8O2/c1-7-33-23(25)16-8-9-18-17-10-19(28-15(4)22(17)30-29-18)21-14(3)31-32(6)24(21)34-13(2)11-27-12-20(16)26-5/h8-10,13,27H,7,11-12,25H2,1-6H3,(H,29,30)/b9-8+,23-16+,26-20?. The first-order chi connectivity index (χ1) is 16.3. The number of nitrogens with two attached hydrogens (primary N) is 1. The van der Waals surface area contributed by atoms with Gasteiger partial charge in [0.25, 0.3) is 0 Å². The van der Waals surface area contributed by atoms with Gasteiger partial charge in [-0.2, -0.15) is 10.2 Å². The summed E-state index contributed by atoms with van der Waals surface area (Å²) in [5.41, 5.74) is 12.7. The molecule has 0 saturated heterocycles. The topological polar surface area (TPSA) is 128 Å². The Kier molecular flexibility index (Phi) is 6.69. The van der Waals surface area contributed by atoms with Gasteiger partial charge in [-0.3, -0.25) is 15.1 Å². The Balaban J connectivity index is 1.94. The predicted molar refractivity (Wildman–Crippen MR) is 134 cm³/mol. The number of H-pyrrole nitrogens is 1. The Morgan fingerprint density at radius 1 is 1.32 bits per heavy atom. The SMILES string of the molecule is CCO/C(N)=C1\C=C\c2[nH]nc3c(C)nc(cc23)-c2c(C)nn(C)c2OC(C)CNCC1=NC. The van der Waals surface area contributed by atoms with Crippen LogP contribution in [0, 0.1) is 13.8 Å². The summed E-state index contributed by atoms with van der Waals surface area (Å²) in [5, 5.41) is 16.6. The summed E-state index contributed by atoms with van der Waals surface area (Å²) >= 11 is 0. The van der Waals surface area contributed by atoms with E-state index in [9.17, 15) is 0 Å². The number of nitrogens with zero attached hydrogens (tertiary/aromatic N) is 5. The van der Waals surface area contributed by atoms with Crippen molar-refractivity contribution in [3.8, 4) is 17.1 Å². The molecule has 0 aromatic carbocycles. The zero-order chi connectivity index (χ0) is 24.4. The molecule has 0 amide bonds. The molecule has 10 nitrogen and oxygen atoms in total. The molecule has 1 aliphatic heterocycles. The maximum absolute atomic E-state index is 6.35. The number of aromatic nitrogens is 5. The van der Waals surface area contributed by atoms with Crippen LogP contribution in [0.3, 0.4) is 0 Å². The van der Waals surface area contributed by atoms with Crippen LogP contribution in [0.15, 0.2) is 28.6 Å². The molecule has 0 saturated carbocycles. The van der Waals surface area contributed by atoms with Crippen molar-refractivity contribution in [2.24, 2.45) is 17.8 Å². The third kappa shape index (κ3) is 4.41. The minimum Gasteiger partial charge on any atom is -0.479 e. The minimum atomic E-state index is -0.127. The lowest BCUT2D eigenvalue weighted by atomic mass is 10.1. The molecule has 1 aliphatic rings. The van der Waals surface area contributed by atoms with Crippen LogP contribution in [0.5, 0.6) is 5.88 Å². The molecule has 0 radical (unpaired) electrons. The summed E-state index contributed by atoms with van der Waals surface area (Å²) in [4.78, 5) is 9.30. The van der Waals surface area contributed by atoms with Crippen LogP contribution in [0.2, 0.25) is 0 Å². The smallest absolute Gasteiger partial charge is 0.221 e. The number of aromatic amines is 1. The van der Waals surface area contributed by atoms with Gasteiger partial charge in [0.05, 0.1) is 46.2 Å². The number of rotatable bonds is 2. The van der Waals surface area contributed by atoms with Gasteiger partial charge in [0.1, 0.15) is 11.6 Å². The molecule has 0 fully saturated rings. The average Bonchev–Trinajstić information content (AvgIpc) is 3.32. The van der Waals surface area contributed by atoms with E-state index in [1.165, 1.54) is 0 Å². The molecule has 2 bridgehead atoms. The molecular formula is C24H32N8O2. The summed E-state index contributed by atoms with van der Waals surface area (Å²) in [6.07, 6.45) is 3.73. The summed E-state index contributed by atoms with van der Waals surface area (Å²) in [6.45, 7) is 9.40. The fourth-order valence-corrected chi connectivity index (χ4v) is 4.15. The Bertz CT molecular complexity index is 1300.